The van der Waals surface area contributed by atoms with Crippen LogP contribution in [0, 0.1) is 18.8 Å². The molecule has 1 aromatic heterocycles. The Morgan fingerprint density at radius 1 is 1.27 bits per heavy atom. The number of piperidine rings is 3. The molecule has 164 valence electrons. The van der Waals surface area contributed by atoms with Gasteiger partial charge < -0.3 is 15.1 Å². The van der Waals surface area contributed by atoms with Crippen LogP contribution in [-0.4, -0.2) is 88.0 Å². The number of carbonyl (C=O) groups is 3. The van der Waals surface area contributed by atoms with Crippen LogP contribution < -0.4 is 5.32 Å². The lowest BCUT2D eigenvalue weighted by molar-refractivity contribution is -0.164. The van der Waals surface area contributed by atoms with Crippen LogP contribution in [0.4, 0.5) is 5.69 Å². The number of aryl methyl sites for hydroxylation is 2. The Bertz CT molecular complexity index is 850. The molecule has 9 nitrogen and oxygen atoms in total. The van der Waals surface area contributed by atoms with Gasteiger partial charge in [0.15, 0.2) is 0 Å². The number of fused-ring (bicyclic) bond motifs is 4. The predicted molar refractivity (Wildman–Crippen MR) is 112 cm³/mol. The lowest BCUT2D eigenvalue weighted by atomic mass is 9.71. The summed E-state index contributed by atoms with van der Waals surface area (Å²) in [4.78, 5) is 44.1. The Morgan fingerprint density at radius 3 is 2.67 bits per heavy atom. The van der Waals surface area contributed by atoms with Crippen LogP contribution in [0.1, 0.15) is 31.4 Å². The number of carbonyl (C=O) groups excluding carboxylic acids is 3. The number of likely N-dealkylation sites (N-methyl/N-ethyl adjacent to an activating group) is 1. The largest absolute Gasteiger partial charge is 0.347 e. The third kappa shape index (κ3) is 3.82. The first-order chi connectivity index (χ1) is 14.2. The van der Waals surface area contributed by atoms with Crippen LogP contribution in [0.2, 0.25) is 0 Å². The zero-order valence-corrected chi connectivity index (χ0v) is 18.3. The Morgan fingerprint density at radius 2 is 2.00 bits per heavy atom. The van der Waals surface area contributed by atoms with E-state index in [1.54, 1.807) is 29.9 Å². The van der Waals surface area contributed by atoms with Crippen LogP contribution in [0.15, 0.2) is 6.20 Å². The summed E-state index contributed by atoms with van der Waals surface area (Å²) in [7, 11) is 5.33. The number of hydrogen-bond donors (Lipinski definition) is 1. The van der Waals surface area contributed by atoms with Gasteiger partial charge in [-0.05, 0) is 32.1 Å². The second-order valence-electron chi connectivity index (χ2n) is 9.24. The number of rotatable bonds is 4. The van der Waals surface area contributed by atoms with E-state index in [1.807, 2.05) is 18.9 Å². The Kier molecular flexibility index (Phi) is 5.57. The van der Waals surface area contributed by atoms with Crippen LogP contribution in [0.25, 0.3) is 0 Å². The minimum Gasteiger partial charge on any atom is -0.347 e. The molecule has 4 atom stereocenters. The molecule has 0 saturated carbocycles. The van der Waals surface area contributed by atoms with Crippen molar-refractivity contribution in [3.63, 3.8) is 0 Å². The summed E-state index contributed by atoms with van der Waals surface area (Å²) in [6.07, 6.45) is 5.10. The molecule has 3 fully saturated rings. The van der Waals surface area contributed by atoms with E-state index in [0.29, 0.717) is 18.9 Å². The summed E-state index contributed by atoms with van der Waals surface area (Å²) in [5, 5.41) is 7.22. The first-order valence-electron chi connectivity index (χ1n) is 10.8. The molecule has 1 aromatic rings. The molecule has 0 radical (unpaired) electrons. The fourth-order valence-corrected chi connectivity index (χ4v) is 5.58. The van der Waals surface area contributed by atoms with Crippen molar-refractivity contribution in [3.05, 3.63) is 11.9 Å². The molecule has 3 saturated heterocycles. The summed E-state index contributed by atoms with van der Waals surface area (Å²) in [5.41, 5.74) is 1.51. The van der Waals surface area contributed by atoms with Crippen molar-refractivity contribution in [1.29, 1.82) is 0 Å². The quantitative estimate of drug-likeness (QED) is 0.770. The topological polar surface area (TPSA) is 90.8 Å². The minimum absolute atomic E-state index is 0.00372. The van der Waals surface area contributed by atoms with Crippen molar-refractivity contribution in [2.24, 2.45) is 18.9 Å². The molecule has 0 aliphatic carbocycles. The van der Waals surface area contributed by atoms with Gasteiger partial charge in [0.2, 0.25) is 17.7 Å². The fourth-order valence-electron chi connectivity index (χ4n) is 5.58. The monoisotopic (exact) mass is 416 g/mol. The van der Waals surface area contributed by atoms with E-state index in [-0.39, 0.29) is 36.2 Å². The number of amides is 3. The van der Waals surface area contributed by atoms with Gasteiger partial charge in [-0.25, -0.2) is 0 Å². The van der Waals surface area contributed by atoms with Crippen molar-refractivity contribution in [3.8, 4) is 0 Å². The van der Waals surface area contributed by atoms with Gasteiger partial charge in [0.25, 0.3) is 0 Å². The number of nitrogens with zero attached hydrogens (tertiary/aromatic N) is 5. The molecule has 2 bridgehead atoms. The lowest BCUT2D eigenvalue weighted by Gasteiger charge is -2.56. The third-order valence-electron chi connectivity index (χ3n) is 6.77. The summed E-state index contributed by atoms with van der Waals surface area (Å²) in [5.74, 6) is 0.408. The van der Waals surface area contributed by atoms with Gasteiger partial charge >= 0.3 is 0 Å². The maximum absolute atomic E-state index is 13.0. The van der Waals surface area contributed by atoms with Crippen LogP contribution in [0.3, 0.4) is 0 Å². The maximum atomic E-state index is 13.0. The molecule has 3 aliphatic rings. The fraction of sp³-hybridized carbons (Fsp3) is 0.714. The molecular weight excluding hydrogens is 384 g/mol. The minimum atomic E-state index is -0.416. The van der Waals surface area contributed by atoms with Gasteiger partial charge in [-0.1, -0.05) is 0 Å². The average molecular weight is 417 g/mol. The standard InChI is InChI=1S/C21H32N6O3/c1-13-16(11-25(4)23-13)22-18(28)12-26-9-14-8-15(10-26)20(21(30)24(2)3)27-17(14)6-5-7-19(27)29/h11,14-15,17,20H,5-10,12H2,1-4H3,(H,22,28)/t14-,15+,17-,20+/m0/s1. The van der Waals surface area contributed by atoms with Crippen molar-refractivity contribution in [2.75, 3.05) is 39.0 Å². The summed E-state index contributed by atoms with van der Waals surface area (Å²) in [6.45, 7) is 3.59. The van der Waals surface area contributed by atoms with Crippen molar-refractivity contribution in [1.82, 2.24) is 24.5 Å². The highest BCUT2D eigenvalue weighted by Gasteiger charge is 2.52. The molecule has 0 spiro atoms. The van der Waals surface area contributed by atoms with Crippen LogP contribution >= 0.6 is 0 Å². The second-order valence-corrected chi connectivity index (χ2v) is 9.24. The highest BCUT2D eigenvalue weighted by atomic mass is 16.2. The van der Waals surface area contributed by atoms with Crippen molar-refractivity contribution < 1.29 is 14.4 Å². The average Bonchev–Trinajstić information content (AvgIpc) is 2.98. The van der Waals surface area contributed by atoms with Gasteiger partial charge in [0.1, 0.15) is 6.04 Å². The van der Waals surface area contributed by atoms with Gasteiger partial charge in [-0.15, -0.1) is 0 Å². The molecule has 0 aromatic carbocycles. The second kappa shape index (κ2) is 8.02. The number of hydrogen-bond acceptors (Lipinski definition) is 5. The van der Waals surface area contributed by atoms with E-state index < -0.39 is 6.04 Å². The Labute approximate surface area is 177 Å². The molecule has 3 amide bonds. The van der Waals surface area contributed by atoms with Gasteiger partial charge in [0, 0.05) is 58.8 Å². The van der Waals surface area contributed by atoms with Gasteiger partial charge in [0.05, 0.1) is 17.9 Å². The van der Waals surface area contributed by atoms with Crippen LogP contribution in [0.5, 0.6) is 0 Å². The zero-order chi connectivity index (χ0) is 21.6. The molecule has 3 aliphatic heterocycles. The highest BCUT2D eigenvalue weighted by Crippen LogP contribution is 2.42. The smallest absolute Gasteiger partial charge is 0.245 e. The number of aromatic nitrogens is 2. The van der Waals surface area contributed by atoms with E-state index in [1.165, 1.54) is 0 Å². The van der Waals surface area contributed by atoms with E-state index in [9.17, 15) is 14.4 Å². The molecule has 9 heteroatoms. The van der Waals surface area contributed by atoms with E-state index in [0.717, 1.165) is 37.2 Å². The Balaban J connectivity index is 1.50. The first-order valence-corrected chi connectivity index (χ1v) is 10.8. The molecule has 4 heterocycles. The molecule has 4 rings (SSSR count). The normalized spacial score (nSPS) is 28.8. The van der Waals surface area contributed by atoms with E-state index in [4.69, 9.17) is 0 Å². The van der Waals surface area contributed by atoms with E-state index in [2.05, 4.69) is 15.3 Å². The zero-order valence-electron chi connectivity index (χ0n) is 18.3. The van der Waals surface area contributed by atoms with Crippen molar-refractivity contribution in [2.45, 2.75) is 44.7 Å². The lowest BCUT2D eigenvalue weighted by Crippen LogP contribution is -2.68. The Hall–Kier alpha value is -2.42. The third-order valence-corrected chi connectivity index (χ3v) is 6.77. The summed E-state index contributed by atoms with van der Waals surface area (Å²) in [6, 6.07) is -0.316. The number of nitrogens with one attached hydrogen (secondary N) is 1. The first kappa shape index (κ1) is 20.8. The van der Waals surface area contributed by atoms with Gasteiger partial charge in [-0.3, -0.25) is 24.0 Å². The molecule has 1 N–H and O–H groups in total. The predicted octanol–water partition coefficient (Wildman–Crippen LogP) is 0.457. The summed E-state index contributed by atoms with van der Waals surface area (Å²) >= 11 is 0. The molecule has 0 unspecified atom stereocenters. The molecular formula is C21H32N6O3. The maximum Gasteiger partial charge on any atom is 0.245 e. The number of anilines is 1. The highest BCUT2D eigenvalue weighted by molar-refractivity contribution is 5.92. The SMILES string of the molecule is Cc1nn(C)cc1NC(=O)CN1C[C@@H]2C[C@H](C1)[C@H](C(=O)N(C)C)N1C(=O)CCC[C@@H]21. The van der Waals surface area contributed by atoms with Crippen molar-refractivity contribution >= 4 is 23.4 Å². The van der Waals surface area contributed by atoms with Gasteiger partial charge in [-0.2, -0.15) is 5.10 Å². The van der Waals surface area contributed by atoms with E-state index >= 15 is 0 Å². The summed E-state index contributed by atoms with van der Waals surface area (Å²) < 4.78 is 1.68. The number of likely N-dealkylation sites (tertiary alicyclic amines) is 1. The molecule has 30 heavy (non-hydrogen) atoms. The van der Waals surface area contributed by atoms with Crippen LogP contribution in [-0.2, 0) is 21.4 Å².